The fraction of sp³-hybridized carbons (Fsp3) is 0.500. The molecule has 1 rings (SSSR count). The van der Waals surface area contributed by atoms with Crippen LogP contribution in [0.15, 0.2) is 24.3 Å². The Morgan fingerprint density at radius 2 is 1.81 bits per heavy atom. The summed E-state index contributed by atoms with van der Waals surface area (Å²) < 4.78 is 33.2. The van der Waals surface area contributed by atoms with Crippen LogP contribution >= 0.6 is 22.6 Å². The molecule has 0 bridgehead atoms. The second-order valence-corrected chi connectivity index (χ2v) is 7.89. The third-order valence-corrected chi connectivity index (χ3v) is 3.85. The van der Waals surface area contributed by atoms with Crippen LogP contribution in [0, 0.1) is 9.49 Å². The second kappa shape index (κ2) is 8.09. The van der Waals surface area contributed by atoms with E-state index in [1.807, 2.05) is 24.3 Å². The van der Waals surface area contributed by atoms with Crippen LogP contribution in [-0.2, 0) is 30.3 Å². The van der Waals surface area contributed by atoms with E-state index in [1.165, 1.54) is 0 Å². The molecule has 0 aliphatic heterocycles. The van der Waals surface area contributed by atoms with E-state index in [0.717, 1.165) is 15.4 Å². The first kappa shape index (κ1) is 18.4. The molecular formula is C14H19IO5S. The maximum absolute atomic E-state index is 12.0. The standard InChI is InChI=1S/C14H19IO5S/c1-10(2)20-14(16)12(9-19-21(3,17)18)8-11-4-6-13(15)7-5-11/h4-7,10,12H,8-9H2,1-3H3. The normalized spacial score (nSPS) is 13.2. The molecule has 7 heteroatoms. The molecule has 0 spiro atoms. The zero-order valence-electron chi connectivity index (χ0n) is 12.2. The molecule has 0 aliphatic rings. The van der Waals surface area contributed by atoms with Crippen molar-refractivity contribution in [3.63, 3.8) is 0 Å². The number of hydrogen-bond acceptors (Lipinski definition) is 5. The molecule has 118 valence electrons. The molecule has 0 saturated heterocycles. The number of rotatable bonds is 7. The van der Waals surface area contributed by atoms with Gasteiger partial charge < -0.3 is 4.74 Å². The van der Waals surface area contributed by atoms with E-state index in [-0.39, 0.29) is 12.7 Å². The van der Waals surface area contributed by atoms with Gasteiger partial charge in [-0.15, -0.1) is 0 Å². The molecule has 5 nitrogen and oxygen atoms in total. The van der Waals surface area contributed by atoms with Crippen LogP contribution in [0.3, 0.4) is 0 Å². The van der Waals surface area contributed by atoms with Crippen LogP contribution in [0.2, 0.25) is 0 Å². The molecule has 0 amide bonds. The second-order valence-electron chi connectivity index (χ2n) is 5.00. The summed E-state index contributed by atoms with van der Waals surface area (Å²) in [6, 6.07) is 7.66. The predicted octanol–water partition coefficient (Wildman–Crippen LogP) is 2.38. The summed E-state index contributed by atoms with van der Waals surface area (Å²) in [5.74, 6) is -1.10. The molecule has 21 heavy (non-hydrogen) atoms. The summed E-state index contributed by atoms with van der Waals surface area (Å²) >= 11 is 2.19. The topological polar surface area (TPSA) is 69.7 Å². The maximum Gasteiger partial charge on any atom is 0.311 e. The highest BCUT2D eigenvalue weighted by atomic mass is 127. The van der Waals surface area contributed by atoms with E-state index in [4.69, 9.17) is 8.92 Å². The summed E-state index contributed by atoms with van der Waals surface area (Å²) in [7, 11) is -3.59. The minimum absolute atomic E-state index is 0.212. The van der Waals surface area contributed by atoms with Crippen LogP contribution in [0.1, 0.15) is 19.4 Å². The van der Waals surface area contributed by atoms with Crippen molar-refractivity contribution in [3.8, 4) is 0 Å². The van der Waals surface area contributed by atoms with E-state index in [9.17, 15) is 13.2 Å². The largest absolute Gasteiger partial charge is 0.463 e. The van der Waals surface area contributed by atoms with Gasteiger partial charge in [-0.1, -0.05) is 12.1 Å². The Hall–Kier alpha value is -0.670. The van der Waals surface area contributed by atoms with Crippen molar-refractivity contribution in [2.75, 3.05) is 12.9 Å². The molecule has 1 unspecified atom stereocenters. The molecular weight excluding hydrogens is 407 g/mol. The van der Waals surface area contributed by atoms with Gasteiger partial charge in [-0.3, -0.25) is 8.98 Å². The highest BCUT2D eigenvalue weighted by molar-refractivity contribution is 14.1. The minimum atomic E-state index is -3.59. The molecule has 0 fully saturated rings. The summed E-state index contributed by atoms with van der Waals surface area (Å²) in [5.41, 5.74) is 0.929. The van der Waals surface area contributed by atoms with Crippen molar-refractivity contribution in [3.05, 3.63) is 33.4 Å². The molecule has 0 aromatic heterocycles. The monoisotopic (exact) mass is 426 g/mol. The lowest BCUT2D eigenvalue weighted by Crippen LogP contribution is -2.28. The summed E-state index contributed by atoms with van der Waals surface area (Å²) in [4.78, 5) is 12.0. The number of benzene rings is 1. The molecule has 0 heterocycles. The number of ether oxygens (including phenoxy) is 1. The Kier molecular flexibility index (Phi) is 7.08. The van der Waals surface area contributed by atoms with Crippen molar-refractivity contribution in [1.29, 1.82) is 0 Å². The molecule has 1 atom stereocenters. The van der Waals surface area contributed by atoms with E-state index in [1.54, 1.807) is 13.8 Å². The predicted molar refractivity (Wildman–Crippen MR) is 88.4 cm³/mol. The number of carbonyl (C=O) groups excluding carboxylic acids is 1. The van der Waals surface area contributed by atoms with E-state index in [0.29, 0.717) is 6.42 Å². The highest BCUT2D eigenvalue weighted by Crippen LogP contribution is 2.15. The van der Waals surface area contributed by atoms with Gasteiger partial charge in [0.05, 0.1) is 24.9 Å². The molecule has 0 N–H and O–H groups in total. The SMILES string of the molecule is CC(C)OC(=O)C(COS(C)(=O)=O)Cc1ccc(I)cc1. The lowest BCUT2D eigenvalue weighted by Gasteiger charge is -2.17. The third-order valence-electron chi connectivity index (χ3n) is 2.56. The Morgan fingerprint density at radius 3 is 2.29 bits per heavy atom. The molecule has 1 aromatic carbocycles. The van der Waals surface area contributed by atoms with Gasteiger partial charge in [0.15, 0.2) is 0 Å². The van der Waals surface area contributed by atoms with Crippen molar-refractivity contribution < 1.29 is 22.1 Å². The van der Waals surface area contributed by atoms with Crippen LogP contribution in [-0.4, -0.2) is 33.4 Å². The number of hydrogen-bond donors (Lipinski definition) is 0. The molecule has 0 saturated carbocycles. The smallest absolute Gasteiger partial charge is 0.311 e. The maximum atomic E-state index is 12.0. The third kappa shape index (κ3) is 7.77. The van der Waals surface area contributed by atoms with Gasteiger partial charge in [0.2, 0.25) is 0 Å². The Bertz CT molecular complexity index is 566. The van der Waals surface area contributed by atoms with Gasteiger partial charge in [0, 0.05) is 3.57 Å². The quantitative estimate of drug-likeness (QED) is 0.381. The van der Waals surface area contributed by atoms with Gasteiger partial charge in [-0.2, -0.15) is 8.42 Å². The van der Waals surface area contributed by atoms with Gasteiger partial charge in [0.1, 0.15) is 0 Å². The summed E-state index contributed by atoms with van der Waals surface area (Å²) in [5, 5.41) is 0. The van der Waals surface area contributed by atoms with E-state index in [2.05, 4.69) is 22.6 Å². The average Bonchev–Trinajstić information content (AvgIpc) is 2.34. The Balaban J connectivity index is 2.79. The van der Waals surface area contributed by atoms with Gasteiger partial charge in [-0.25, -0.2) is 0 Å². The van der Waals surface area contributed by atoms with Crippen molar-refractivity contribution in [2.45, 2.75) is 26.4 Å². The first-order chi connectivity index (χ1) is 9.67. The first-order valence-corrected chi connectivity index (χ1v) is 9.36. The Labute approximate surface area is 139 Å². The van der Waals surface area contributed by atoms with Crippen LogP contribution in [0.4, 0.5) is 0 Å². The van der Waals surface area contributed by atoms with E-state index < -0.39 is 22.0 Å². The first-order valence-electron chi connectivity index (χ1n) is 6.46. The average molecular weight is 426 g/mol. The van der Waals surface area contributed by atoms with Crippen LogP contribution in [0.5, 0.6) is 0 Å². The Morgan fingerprint density at radius 1 is 1.24 bits per heavy atom. The number of esters is 1. The van der Waals surface area contributed by atoms with Crippen molar-refractivity contribution in [1.82, 2.24) is 0 Å². The summed E-state index contributed by atoms with van der Waals surface area (Å²) in [6.07, 6.45) is 1.08. The molecule has 0 radical (unpaired) electrons. The van der Waals surface area contributed by atoms with Crippen molar-refractivity contribution in [2.24, 2.45) is 5.92 Å². The van der Waals surface area contributed by atoms with E-state index >= 15 is 0 Å². The summed E-state index contributed by atoms with van der Waals surface area (Å²) in [6.45, 7) is 3.28. The number of carbonyl (C=O) groups is 1. The highest BCUT2D eigenvalue weighted by Gasteiger charge is 2.23. The van der Waals surface area contributed by atoms with Gasteiger partial charge in [-0.05, 0) is 60.6 Å². The van der Waals surface area contributed by atoms with Crippen LogP contribution in [0.25, 0.3) is 0 Å². The van der Waals surface area contributed by atoms with Crippen molar-refractivity contribution >= 4 is 38.7 Å². The van der Waals surface area contributed by atoms with Gasteiger partial charge >= 0.3 is 5.97 Å². The molecule has 1 aromatic rings. The minimum Gasteiger partial charge on any atom is -0.463 e. The number of halogens is 1. The fourth-order valence-corrected chi connectivity index (χ4v) is 2.42. The lowest BCUT2D eigenvalue weighted by molar-refractivity contribution is -0.153. The van der Waals surface area contributed by atoms with Gasteiger partial charge in [0.25, 0.3) is 10.1 Å². The zero-order chi connectivity index (χ0) is 16.0. The zero-order valence-corrected chi connectivity index (χ0v) is 15.2. The fourth-order valence-electron chi connectivity index (χ4n) is 1.65. The lowest BCUT2D eigenvalue weighted by atomic mass is 10.0. The molecule has 0 aliphatic carbocycles. The van der Waals surface area contributed by atoms with Crippen LogP contribution < -0.4 is 0 Å².